The van der Waals surface area contributed by atoms with Crippen molar-refractivity contribution in [2.24, 2.45) is 0 Å². The van der Waals surface area contributed by atoms with Gasteiger partial charge in [-0.15, -0.1) is 0 Å². The van der Waals surface area contributed by atoms with E-state index in [2.05, 4.69) is 41.3 Å². The number of aromatic nitrogens is 2. The maximum atomic E-state index is 4.43. The monoisotopic (exact) mass is 233 g/mol. The van der Waals surface area contributed by atoms with Crippen molar-refractivity contribution in [1.82, 2.24) is 15.1 Å². The zero-order valence-corrected chi connectivity index (χ0v) is 11.0. The molecular weight excluding hydrogens is 210 g/mol. The predicted octanol–water partition coefficient (Wildman–Crippen LogP) is 2.86. The van der Waals surface area contributed by atoms with Crippen LogP contribution in [0.5, 0.6) is 0 Å². The molecule has 1 aliphatic heterocycles. The molecule has 0 amide bonds. The second-order valence-electron chi connectivity index (χ2n) is 4.97. The summed E-state index contributed by atoms with van der Waals surface area (Å²) in [5, 5.41) is 7.46. The second kappa shape index (κ2) is 6.01. The summed E-state index contributed by atoms with van der Waals surface area (Å²) >= 11 is 0. The van der Waals surface area contributed by atoms with Crippen LogP contribution in [0.3, 0.4) is 0 Å². The van der Waals surface area contributed by atoms with Gasteiger partial charge in [-0.2, -0.15) is 5.10 Å². The number of aromatic amines is 1. The van der Waals surface area contributed by atoms with Crippen LogP contribution in [0, 0.1) is 0 Å². The van der Waals surface area contributed by atoms with Gasteiger partial charge in [-0.05, 0) is 37.4 Å². The molecule has 1 aromatic heterocycles. The van der Waals surface area contributed by atoms with Crippen molar-refractivity contribution in [3.63, 3.8) is 0 Å². The summed E-state index contributed by atoms with van der Waals surface area (Å²) in [6.07, 6.45) is 10.6. The van der Waals surface area contributed by atoms with Crippen LogP contribution in [0.15, 0.2) is 12.3 Å². The molecule has 0 saturated heterocycles. The van der Waals surface area contributed by atoms with Gasteiger partial charge in [0.15, 0.2) is 0 Å². The lowest BCUT2D eigenvalue weighted by Crippen LogP contribution is -2.25. The van der Waals surface area contributed by atoms with Crippen LogP contribution in [0.4, 0.5) is 0 Å². The molecule has 0 radical (unpaired) electrons. The zero-order valence-electron chi connectivity index (χ0n) is 11.0. The van der Waals surface area contributed by atoms with Crippen molar-refractivity contribution in [3.05, 3.63) is 23.5 Å². The zero-order chi connectivity index (χ0) is 12.1. The van der Waals surface area contributed by atoms with Crippen molar-refractivity contribution >= 4 is 5.57 Å². The van der Waals surface area contributed by atoms with E-state index in [1.54, 1.807) is 0 Å². The van der Waals surface area contributed by atoms with Gasteiger partial charge in [0.1, 0.15) is 0 Å². The average Bonchev–Trinajstić information content (AvgIpc) is 2.78. The van der Waals surface area contributed by atoms with E-state index in [9.17, 15) is 0 Å². The molecule has 1 aromatic rings. The van der Waals surface area contributed by atoms with E-state index in [1.807, 2.05) is 0 Å². The number of unbranched alkanes of at least 4 members (excludes halogenated alkanes) is 2. The number of aryl methyl sites for hydroxylation is 1. The van der Waals surface area contributed by atoms with Gasteiger partial charge in [-0.3, -0.25) is 5.10 Å². The SMILES string of the molecule is CCCCCc1c[nH]nc1C1=CCCN(C)C1. The van der Waals surface area contributed by atoms with E-state index < -0.39 is 0 Å². The van der Waals surface area contributed by atoms with Gasteiger partial charge in [0.25, 0.3) is 0 Å². The topological polar surface area (TPSA) is 31.9 Å². The standard InChI is InChI=1S/C14H23N3/c1-3-4-5-7-12-10-15-16-14(12)13-8-6-9-17(2)11-13/h8,10H,3-7,9,11H2,1-2H3,(H,15,16). The van der Waals surface area contributed by atoms with Crippen molar-refractivity contribution in [1.29, 1.82) is 0 Å². The quantitative estimate of drug-likeness (QED) is 0.793. The summed E-state index contributed by atoms with van der Waals surface area (Å²) in [6.45, 7) is 4.44. The first kappa shape index (κ1) is 12.4. The Bertz CT molecular complexity index is 379. The Hall–Kier alpha value is -1.09. The first-order valence-corrected chi connectivity index (χ1v) is 6.72. The fourth-order valence-corrected chi connectivity index (χ4v) is 2.41. The Kier molecular flexibility index (Phi) is 4.37. The molecule has 94 valence electrons. The average molecular weight is 233 g/mol. The van der Waals surface area contributed by atoms with Crippen LogP contribution in [-0.4, -0.2) is 35.2 Å². The van der Waals surface area contributed by atoms with E-state index in [-0.39, 0.29) is 0 Å². The molecule has 0 aliphatic carbocycles. The van der Waals surface area contributed by atoms with E-state index in [0.29, 0.717) is 0 Å². The molecule has 0 spiro atoms. The van der Waals surface area contributed by atoms with Gasteiger partial charge in [-0.1, -0.05) is 25.8 Å². The molecule has 3 heteroatoms. The number of hydrogen-bond donors (Lipinski definition) is 1. The molecule has 0 unspecified atom stereocenters. The summed E-state index contributed by atoms with van der Waals surface area (Å²) < 4.78 is 0. The smallest absolute Gasteiger partial charge is 0.0922 e. The second-order valence-corrected chi connectivity index (χ2v) is 4.97. The van der Waals surface area contributed by atoms with Crippen molar-refractivity contribution < 1.29 is 0 Å². The number of hydrogen-bond acceptors (Lipinski definition) is 2. The van der Waals surface area contributed by atoms with Crippen LogP contribution in [0.2, 0.25) is 0 Å². The Morgan fingerprint density at radius 3 is 3.06 bits per heavy atom. The fraction of sp³-hybridized carbons (Fsp3) is 0.643. The predicted molar refractivity (Wildman–Crippen MR) is 71.9 cm³/mol. The van der Waals surface area contributed by atoms with Crippen LogP contribution in [0.1, 0.15) is 43.9 Å². The molecule has 1 aliphatic rings. The Balaban J connectivity index is 2.05. The van der Waals surface area contributed by atoms with E-state index in [1.165, 1.54) is 42.6 Å². The Labute approximate surface area is 104 Å². The third-order valence-electron chi connectivity index (χ3n) is 3.41. The summed E-state index contributed by atoms with van der Waals surface area (Å²) in [4.78, 5) is 2.36. The van der Waals surface area contributed by atoms with Crippen LogP contribution < -0.4 is 0 Å². The molecule has 0 atom stereocenters. The maximum absolute atomic E-state index is 4.43. The number of likely N-dealkylation sites (N-methyl/N-ethyl adjacent to an activating group) is 1. The normalized spacial score (nSPS) is 17.2. The molecule has 1 N–H and O–H groups in total. The molecule has 0 fully saturated rings. The summed E-state index contributed by atoms with van der Waals surface area (Å²) in [5.74, 6) is 0. The highest BCUT2D eigenvalue weighted by atomic mass is 15.1. The van der Waals surface area contributed by atoms with Crippen LogP contribution >= 0.6 is 0 Å². The summed E-state index contributed by atoms with van der Waals surface area (Å²) in [7, 11) is 2.18. The minimum absolute atomic E-state index is 1.03. The molecule has 3 nitrogen and oxygen atoms in total. The van der Waals surface area contributed by atoms with Crippen molar-refractivity contribution in [2.45, 2.75) is 39.0 Å². The molecule has 0 bridgehead atoms. The molecular formula is C14H23N3. The lowest BCUT2D eigenvalue weighted by Gasteiger charge is -2.22. The van der Waals surface area contributed by atoms with Gasteiger partial charge in [0, 0.05) is 19.3 Å². The first-order chi connectivity index (χ1) is 8.31. The minimum Gasteiger partial charge on any atom is -0.302 e. The maximum Gasteiger partial charge on any atom is 0.0922 e. The third kappa shape index (κ3) is 3.19. The highest BCUT2D eigenvalue weighted by molar-refractivity contribution is 5.67. The van der Waals surface area contributed by atoms with Gasteiger partial charge >= 0.3 is 0 Å². The molecule has 0 saturated carbocycles. The lowest BCUT2D eigenvalue weighted by molar-refractivity contribution is 0.372. The summed E-state index contributed by atoms with van der Waals surface area (Å²) in [5.41, 5.74) is 3.99. The Morgan fingerprint density at radius 2 is 2.29 bits per heavy atom. The number of H-pyrrole nitrogens is 1. The molecule has 0 aromatic carbocycles. The highest BCUT2D eigenvalue weighted by Crippen LogP contribution is 2.22. The minimum atomic E-state index is 1.03. The van der Waals surface area contributed by atoms with Crippen molar-refractivity contribution in [2.75, 3.05) is 20.1 Å². The van der Waals surface area contributed by atoms with E-state index in [0.717, 1.165) is 19.4 Å². The Morgan fingerprint density at radius 1 is 1.41 bits per heavy atom. The van der Waals surface area contributed by atoms with Gasteiger partial charge < -0.3 is 4.90 Å². The summed E-state index contributed by atoms with van der Waals surface area (Å²) in [6, 6.07) is 0. The number of rotatable bonds is 5. The number of nitrogens with zero attached hydrogens (tertiary/aromatic N) is 2. The van der Waals surface area contributed by atoms with E-state index in [4.69, 9.17) is 0 Å². The lowest BCUT2D eigenvalue weighted by atomic mass is 10.0. The number of nitrogens with one attached hydrogen (secondary N) is 1. The fourth-order valence-electron chi connectivity index (χ4n) is 2.41. The molecule has 2 heterocycles. The highest BCUT2D eigenvalue weighted by Gasteiger charge is 2.15. The van der Waals surface area contributed by atoms with E-state index >= 15 is 0 Å². The van der Waals surface area contributed by atoms with Gasteiger partial charge in [0.2, 0.25) is 0 Å². The van der Waals surface area contributed by atoms with Crippen LogP contribution in [-0.2, 0) is 6.42 Å². The first-order valence-electron chi connectivity index (χ1n) is 6.72. The molecule has 2 rings (SSSR count). The largest absolute Gasteiger partial charge is 0.302 e. The van der Waals surface area contributed by atoms with Gasteiger partial charge in [0.05, 0.1) is 5.69 Å². The van der Waals surface area contributed by atoms with Gasteiger partial charge in [-0.25, -0.2) is 0 Å². The molecule has 17 heavy (non-hydrogen) atoms. The van der Waals surface area contributed by atoms with Crippen LogP contribution in [0.25, 0.3) is 5.57 Å². The van der Waals surface area contributed by atoms with Crippen molar-refractivity contribution in [3.8, 4) is 0 Å². The third-order valence-corrected chi connectivity index (χ3v) is 3.41.